The van der Waals surface area contributed by atoms with E-state index >= 15 is 0 Å². The summed E-state index contributed by atoms with van der Waals surface area (Å²) in [6.45, 7) is 2.70. The van der Waals surface area contributed by atoms with Crippen LogP contribution in [-0.4, -0.2) is 22.4 Å². The van der Waals surface area contributed by atoms with E-state index in [4.69, 9.17) is 0 Å². The van der Waals surface area contributed by atoms with Crippen LogP contribution in [0.3, 0.4) is 0 Å². The summed E-state index contributed by atoms with van der Waals surface area (Å²) in [6, 6.07) is 17.6. The molecule has 0 aliphatic carbocycles. The van der Waals surface area contributed by atoms with Gasteiger partial charge in [0.2, 0.25) is 5.95 Å². The molecule has 0 radical (unpaired) electrons. The molecule has 0 saturated carbocycles. The molecule has 124 valence electrons. The first kappa shape index (κ1) is 15.3. The Balaban J connectivity index is 1.60. The standard InChI is InChI=1S/C20H18N4O/c1-14-6-2-4-8-16(14)22-20-21-12-10-17(23-20)19(25)24-13-11-15-7-3-5-9-18(15)24/h2-10,12H,11,13H2,1H3,(H,21,22,23). The number of rotatable bonds is 3. The normalized spacial score (nSPS) is 12.8. The molecule has 1 amide bonds. The molecular weight excluding hydrogens is 312 g/mol. The number of carbonyl (C=O) groups is 1. The minimum absolute atomic E-state index is 0.0971. The number of para-hydroxylation sites is 2. The summed E-state index contributed by atoms with van der Waals surface area (Å²) < 4.78 is 0. The lowest BCUT2D eigenvalue weighted by molar-refractivity contribution is 0.0984. The van der Waals surface area contributed by atoms with Crippen molar-refractivity contribution in [2.75, 3.05) is 16.8 Å². The van der Waals surface area contributed by atoms with Crippen molar-refractivity contribution in [2.45, 2.75) is 13.3 Å². The van der Waals surface area contributed by atoms with Gasteiger partial charge in [-0.25, -0.2) is 9.97 Å². The van der Waals surface area contributed by atoms with Crippen molar-refractivity contribution in [3.63, 3.8) is 0 Å². The van der Waals surface area contributed by atoms with Gasteiger partial charge in [-0.05, 0) is 42.7 Å². The van der Waals surface area contributed by atoms with Crippen molar-refractivity contribution in [2.24, 2.45) is 0 Å². The van der Waals surface area contributed by atoms with Crippen LogP contribution >= 0.6 is 0 Å². The van der Waals surface area contributed by atoms with Crippen molar-refractivity contribution in [1.82, 2.24) is 9.97 Å². The number of fused-ring (bicyclic) bond motifs is 1. The second-order valence-corrected chi connectivity index (χ2v) is 6.04. The molecule has 0 bridgehead atoms. The molecule has 0 atom stereocenters. The second kappa shape index (κ2) is 6.36. The molecule has 1 aliphatic heterocycles. The van der Waals surface area contributed by atoms with Crippen LogP contribution in [0.15, 0.2) is 60.8 Å². The highest BCUT2D eigenvalue weighted by atomic mass is 16.2. The number of carbonyl (C=O) groups excluding carboxylic acids is 1. The third kappa shape index (κ3) is 2.96. The lowest BCUT2D eigenvalue weighted by Crippen LogP contribution is -2.29. The minimum atomic E-state index is -0.0971. The van der Waals surface area contributed by atoms with Crippen LogP contribution in [0.2, 0.25) is 0 Å². The van der Waals surface area contributed by atoms with Crippen molar-refractivity contribution < 1.29 is 4.79 Å². The summed E-state index contributed by atoms with van der Waals surface area (Å²) >= 11 is 0. The van der Waals surface area contributed by atoms with Gasteiger partial charge in [-0.3, -0.25) is 4.79 Å². The lowest BCUT2D eigenvalue weighted by atomic mass is 10.2. The van der Waals surface area contributed by atoms with Gasteiger partial charge in [-0.1, -0.05) is 36.4 Å². The number of hydrogen-bond donors (Lipinski definition) is 1. The molecule has 25 heavy (non-hydrogen) atoms. The highest BCUT2D eigenvalue weighted by molar-refractivity contribution is 6.06. The average molecular weight is 330 g/mol. The van der Waals surface area contributed by atoms with Crippen LogP contribution in [-0.2, 0) is 6.42 Å². The SMILES string of the molecule is Cc1ccccc1Nc1nccc(C(=O)N2CCc3ccccc32)n1. The average Bonchev–Trinajstić information content (AvgIpc) is 3.07. The fraction of sp³-hybridized carbons (Fsp3) is 0.150. The van der Waals surface area contributed by atoms with Crippen LogP contribution in [0, 0.1) is 6.92 Å². The predicted octanol–water partition coefficient (Wildman–Crippen LogP) is 3.73. The fourth-order valence-electron chi connectivity index (χ4n) is 3.06. The number of nitrogens with zero attached hydrogens (tertiary/aromatic N) is 3. The number of aryl methyl sites for hydroxylation is 1. The monoisotopic (exact) mass is 330 g/mol. The molecule has 2 aromatic carbocycles. The van der Waals surface area contributed by atoms with E-state index in [2.05, 4.69) is 21.4 Å². The third-order valence-corrected chi connectivity index (χ3v) is 4.40. The van der Waals surface area contributed by atoms with E-state index in [1.807, 2.05) is 49.4 Å². The number of amides is 1. The molecule has 3 aromatic rings. The van der Waals surface area contributed by atoms with Gasteiger partial charge in [0.15, 0.2) is 0 Å². The molecule has 1 aliphatic rings. The Labute approximate surface area is 146 Å². The zero-order valence-electron chi connectivity index (χ0n) is 13.9. The molecule has 0 spiro atoms. The first-order valence-corrected chi connectivity index (χ1v) is 8.28. The number of aromatic nitrogens is 2. The highest BCUT2D eigenvalue weighted by Gasteiger charge is 2.26. The van der Waals surface area contributed by atoms with Crippen molar-refractivity contribution in [3.05, 3.63) is 77.6 Å². The Morgan fingerprint density at radius 3 is 2.76 bits per heavy atom. The van der Waals surface area contributed by atoms with E-state index in [1.165, 1.54) is 5.56 Å². The Bertz CT molecular complexity index is 938. The molecule has 1 N–H and O–H groups in total. The van der Waals surface area contributed by atoms with Crippen LogP contribution in [0.25, 0.3) is 0 Å². The largest absolute Gasteiger partial charge is 0.324 e. The van der Waals surface area contributed by atoms with E-state index < -0.39 is 0 Å². The molecule has 4 rings (SSSR count). The summed E-state index contributed by atoms with van der Waals surface area (Å²) in [5, 5.41) is 3.18. The highest BCUT2D eigenvalue weighted by Crippen LogP contribution is 2.28. The van der Waals surface area contributed by atoms with Crippen LogP contribution in [0.5, 0.6) is 0 Å². The molecular formula is C20H18N4O. The maximum absolute atomic E-state index is 12.9. The molecule has 0 fully saturated rings. The van der Waals surface area contributed by atoms with Crippen LogP contribution in [0.4, 0.5) is 17.3 Å². The van der Waals surface area contributed by atoms with Crippen molar-refractivity contribution in [1.29, 1.82) is 0 Å². The number of nitrogens with one attached hydrogen (secondary N) is 1. The predicted molar refractivity (Wildman–Crippen MR) is 98.3 cm³/mol. The van der Waals surface area contributed by atoms with E-state index in [-0.39, 0.29) is 5.91 Å². The van der Waals surface area contributed by atoms with E-state index in [0.717, 1.165) is 23.4 Å². The topological polar surface area (TPSA) is 58.1 Å². The van der Waals surface area contributed by atoms with Gasteiger partial charge in [0.25, 0.3) is 5.91 Å². The Kier molecular flexibility index (Phi) is 3.90. The molecule has 1 aromatic heterocycles. The van der Waals surface area contributed by atoms with E-state index in [9.17, 15) is 4.79 Å². The van der Waals surface area contributed by atoms with Gasteiger partial charge >= 0.3 is 0 Å². The third-order valence-electron chi connectivity index (χ3n) is 4.40. The van der Waals surface area contributed by atoms with Gasteiger partial charge in [-0.15, -0.1) is 0 Å². The molecule has 5 nitrogen and oxygen atoms in total. The van der Waals surface area contributed by atoms with Gasteiger partial charge in [0.1, 0.15) is 5.69 Å². The summed E-state index contributed by atoms with van der Waals surface area (Å²) in [5.41, 5.74) is 4.58. The maximum atomic E-state index is 12.9. The second-order valence-electron chi connectivity index (χ2n) is 6.04. The smallest absolute Gasteiger partial charge is 0.277 e. The zero-order chi connectivity index (χ0) is 17.2. The van der Waals surface area contributed by atoms with E-state index in [0.29, 0.717) is 18.2 Å². The fourth-order valence-corrected chi connectivity index (χ4v) is 3.06. The van der Waals surface area contributed by atoms with Gasteiger partial charge in [-0.2, -0.15) is 0 Å². The summed E-state index contributed by atoms with van der Waals surface area (Å²) in [4.78, 5) is 23.3. The summed E-state index contributed by atoms with van der Waals surface area (Å²) in [6.07, 6.45) is 2.49. The molecule has 5 heteroatoms. The summed E-state index contributed by atoms with van der Waals surface area (Å²) in [5.74, 6) is 0.327. The summed E-state index contributed by atoms with van der Waals surface area (Å²) in [7, 11) is 0. The van der Waals surface area contributed by atoms with Crippen molar-refractivity contribution in [3.8, 4) is 0 Å². The Morgan fingerprint density at radius 1 is 1.08 bits per heavy atom. The van der Waals surface area contributed by atoms with Gasteiger partial charge < -0.3 is 10.2 Å². The minimum Gasteiger partial charge on any atom is -0.324 e. The molecule has 0 saturated heterocycles. The van der Waals surface area contributed by atoms with Crippen molar-refractivity contribution >= 4 is 23.2 Å². The number of benzene rings is 2. The number of anilines is 3. The van der Waals surface area contributed by atoms with Gasteiger partial charge in [0, 0.05) is 24.1 Å². The molecule has 2 heterocycles. The van der Waals surface area contributed by atoms with E-state index in [1.54, 1.807) is 17.2 Å². The van der Waals surface area contributed by atoms with Crippen LogP contribution < -0.4 is 10.2 Å². The number of hydrogen-bond acceptors (Lipinski definition) is 4. The van der Waals surface area contributed by atoms with Gasteiger partial charge in [0.05, 0.1) is 0 Å². The molecule has 0 unspecified atom stereocenters. The first-order valence-electron chi connectivity index (χ1n) is 8.28. The van der Waals surface area contributed by atoms with Crippen LogP contribution in [0.1, 0.15) is 21.6 Å². The lowest BCUT2D eigenvalue weighted by Gasteiger charge is -2.17. The Hall–Kier alpha value is -3.21. The first-order chi connectivity index (χ1) is 12.2. The quantitative estimate of drug-likeness (QED) is 0.795. The Morgan fingerprint density at radius 2 is 1.88 bits per heavy atom. The maximum Gasteiger partial charge on any atom is 0.277 e. The zero-order valence-corrected chi connectivity index (χ0v) is 13.9.